The molecule has 3 heterocycles. The number of hydrogen-bond acceptors (Lipinski definition) is 4. The van der Waals surface area contributed by atoms with Gasteiger partial charge in [-0.25, -0.2) is 0 Å². The summed E-state index contributed by atoms with van der Waals surface area (Å²) in [7, 11) is 0. The molecule has 0 spiro atoms. The number of nitrogens with one attached hydrogen (secondary N) is 1. The number of hydrogen-bond donors (Lipinski definition) is 1. The van der Waals surface area contributed by atoms with Crippen molar-refractivity contribution in [3.05, 3.63) is 18.0 Å². The van der Waals surface area contributed by atoms with Gasteiger partial charge in [-0.1, -0.05) is 0 Å². The Labute approximate surface area is 125 Å². The van der Waals surface area contributed by atoms with Gasteiger partial charge in [0.2, 0.25) is 0 Å². The highest BCUT2D eigenvalue weighted by atomic mass is 16.5. The van der Waals surface area contributed by atoms with Crippen LogP contribution < -0.4 is 0 Å². The summed E-state index contributed by atoms with van der Waals surface area (Å²) in [6, 6.07) is 2.05. The van der Waals surface area contributed by atoms with Gasteiger partial charge in [0.25, 0.3) is 5.91 Å². The minimum atomic E-state index is 0.0735. The Morgan fingerprint density at radius 1 is 1.43 bits per heavy atom. The number of H-pyrrole nitrogens is 1. The highest BCUT2D eigenvalue weighted by molar-refractivity contribution is 5.92. The van der Waals surface area contributed by atoms with E-state index in [0.717, 1.165) is 39.0 Å². The summed E-state index contributed by atoms with van der Waals surface area (Å²) in [6.07, 6.45) is 4.34. The molecule has 2 aliphatic rings. The molecule has 0 saturated carbocycles. The fraction of sp³-hybridized carbons (Fsp3) is 0.733. The highest BCUT2D eigenvalue weighted by Crippen LogP contribution is 2.22. The first-order chi connectivity index (χ1) is 10.1. The lowest BCUT2D eigenvalue weighted by Gasteiger charge is -2.38. The second-order valence-electron chi connectivity index (χ2n) is 6.24. The van der Waals surface area contributed by atoms with Crippen molar-refractivity contribution in [1.82, 2.24) is 20.0 Å². The maximum Gasteiger partial charge on any atom is 0.272 e. The molecule has 3 unspecified atom stereocenters. The standard InChI is InChI=1S/C15H24N4O2/c1-11-8-18(9-12(2)21-11)10-13-4-3-7-19(13)15(20)14-5-6-16-17-14/h5-6,11-13H,3-4,7-10H2,1-2H3,(H,16,17). The predicted molar refractivity (Wildman–Crippen MR) is 79.1 cm³/mol. The maximum absolute atomic E-state index is 12.5. The van der Waals surface area contributed by atoms with E-state index in [4.69, 9.17) is 4.74 Å². The van der Waals surface area contributed by atoms with Crippen molar-refractivity contribution in [3.63, 3.8) is 0 Å². The Bertz CT molecular complexity index is 466. The SMILES string of the molecule is CC1CN(CC2CCCN2C(=O)c2ccn[nH]2)CC(C)O1. The van der Waals surface area contributed by atoms with Crippen LogP contribution in [0.3, 0.4) is 0 Å². The summed E-state index contributed by atoms with van der Waals surface area (Å²) < 4.78 is 5.78. The minimum Gasteiger partial charge on any atom is -0.373 e. The van der Waals surface area contributed by atoms with Crippen molar-refractivity contribution in [2.45, 2.75) is 44.9 Å². The molecule has 1 aromatic heterocycles. The van der Waals surface area contributed by atoms with Gasteiger partial charge in [0.15, 0.2) is 0 Å². The third kappa shape index (κ3) is 3.27. The zero-order chi connectivity index (χ0) is 14.8. The normalized spacial score (nSPS) is 30.8. The number of aromatic nitrogens is 2. The Morgan fingerprint density at radius 2 is 2.19 bits per heavy atom. The second kappa shape index (κ2) is 6.15. The monoisotopic (exact) mass is 292 g/mol. The topological polar surface area (TPSA) is 61.5 Å². The number of nitrogens with zero attached hydrogens (tertiary/aromatic N) is 3. The van der Waals surface area contributed by atoms with Gasteiger partial charge in [0, 0.05) is 38.4 Å². The molecule has 0 radical (unpaired) electrons. The van der Waals surface area contributed by atoms with Crippen molar-refractivity contribution in [2.24, 2.45) is 0 Å². The Morgan fingerprint density at radius 3 is 2.86 bits per heavy atom. The third-order valence-corrected chi connectivity index (χ3v) is 4.33. The fourth-order valence-electron chi connectivity index (χ4n) is 3.55. The van der Waals surface area contributed by atoms with E-state index in [-0.39, 0.29) is 18.1 Å². The average Bonchev–Trinajstić information content (AvgIpc) is 3.07. The molecule has 1 N–H and O–H groups in total. The number of amides is 1. The number of rotatable bonds is 3. The lowest BCUT2D eigenvalue weighted by molar-refractivity contribution is -0.0715. The summed E-state index contributed by atoms with van der Waals surface area (Å²) in [5.41, 5.74) is 0.589. The smallest absolute Gasteiger partial charge is 0.272 e. The lowest BCUT2D eigenvalue weighted by atomic mass is 10.1. The van der Waals surface area contributed by atoms with Gasteiger partial charge >= 0.3 is 0 Å². The van der Waals surface area contributed by atoms with Crippen LogP contribution in [0.2, 0.25) is 0 Å². The molecule has 6 nitrogen and oxygen atoms in total. The van der Waals surface area contributed by atoms with Crippen LogP contribution >= 0.6 is 0 Å². The molecule has 0 bridgehead atoms. The number of carbonyl (C=O) groups excluding carboxylic acids is 1. The second-order valence-corrected chi connectivity index (χ2v) is 6.24. The number of carbonyl (C=O) groups is 1. The van der Waals surface area contributed by atoms with Gasteiger partial charge in [-0.05, 0) is 32.8 Å². The first kappa shape index (κ1) is 14.5. The van der Waals surface area contributed by atoms with Gasteiger partial charge in [-0.3, -0.25) is 14.8 Å². The van der Waals surface area contributed by atoms with Crippen LogP contribution in [0, 0.1) is 0 Å². The van der Waals surface area contributed by atoms with Gasteiger partial charge in [0.05, 0.1) is 12.2 Å². The lowest BCUT2D eigenvalue weighted by Crippen LogP contribution is -2.51. The molecule has 1 aromatic rings. The van der Waals surface area contributed by atoms with Crippen molar-refractivity contribution in [2.75, 3.05) is 26.2 Å². The van der Waals surface area contributed by atoms with Crippen molar-refractivity contribution >= 4 is 5.91 Å². The van der Waals surface area contributed by atoms with E-state index in [9.17, 15) is 4.79 Å². The molecular formula is C15H24N4O2. The molecule has 6 heteroatoms. The van der Waals surface area contributed by atoms with Crippen LogP contribution in [0.15, 0.2) is 12.3 Å². The number of aromatic amines is 1. The minimum absolute atomic E-state index is 0.0735. The average molecular weight is 292 g/mol. The van der Waals surface area contributed by atoms with Crippen LogP contribution in [0.5, 0.6) is 0 Å². The zero-order valence-corrected chi connectivity index (χ0v) is 12.8. The zero-order valence-electron chi connectivity index (χ0n) is 12.8. The van der Waals surface area contributed by atoms with E-state index >= 15 is 0 Å². The largest absolute Gasteiger partial charge is 0.373 e. The highest BCUT2D eigenvalue weighted by Gasteiger charge is 2.33. The maximum atomic E-state index is 12.5. The quantitative estimate of drug-likeness (QED) is 0.907. The number of ether oxygens (including phenoxy) is 1. The summed E-state index contributed by atoms with van der Waals surface area (Å²) in [5.74, 6) is 0.0735. The fourth-order valence-corrected chi connectivity index (χ4v) is 3.55. The summed E-state index contributed by atoms with van der Waals surface area (Å²) in [5, 5.41) is 6.65. The van der Waals surface area contributed by atoms with Crippen LogP contribution in [0.1, 0.15) is 37.2 Å². The molecule has 1 amide bonds. The number of likely N-dealkylation sites (tertiary alicyclic amines) is 1. The molecule has 116 valence electrons. The molecule has 0 aliphatic carbocycles. The molecular weight excluding hydrogens is 268 g/mol. The van der Waals surface area contributed by atoms with E-state index in [1.54, 1.807) is 12.3 Å². The van der Waals surface area contributed by atoms with E-state index < -0.39 is 0 Å². The number of morpholine rings is 1. The van der Waals surface area contributed by atoms with E-state index in [1.165, 1.54) is 0 Å². The van der Waals surface area contributed by atoms with Crippen LogP contribution in [-0.2, 0) is 4.74 Å². The molecule has 2 fully saturated rings. The first-order valence-corrected chi connectivity index (χ1v) is 7.81. The summed E-state index contributed by atoms with van der Waals surface area (Å²) in [4.78, 5) is 16.9. The third-order valence-electron chi connectivity index (χ3n) is 4.33. The predicted octanol–water partition coefficient (Wildman–Crippen LogP) is 1.12. The van der Waals surface area contributed by atoms with Crippen LogP contribution in [0.4, 0.5) is 0 Å². The molecule has 2 aliphatic heterocycles. The Hall–Kier alpha value is -1.40. The van der Waals surface area contributed by atoms with E-state index in [1.807, 2.05) is 4.90 Å². The van der Waals surface area contributed by atoms with Crippen molar-refractivity contribution < 1.29 is 9.53 Å². The van der Waals surface area contributed by atoms with E-state index in [2.05, 4.69) is 28.9 Å². The molecule has 2 saturated heterocycles. The molecule has 21 heavy (non-hydrogen) atoms. The Kier molecular flexibility index (Phi) is 4.26. The van der Waals surface area contributed by atoms with Gasteiger partial charge in [0.1, 0.15) is 5.69 Å². The molecule has 0 aromatic carbocycles. The van der Waals surface area contributed by atoms with Gasteiger partial charge in [-0.15, -0.1) is 0 Å². The summed E-state index contributed by atoms with van der Waals surface area (Å²) >= 11 is 0. The first-order valence-electron chi connectivity index (χ1n) is 7.81. The van der Waals surface area contributed by atoms with Crippen LogP contribution in [0.25, 0.3) is 0 Å². The Balaban J connectivity index is 1.63. The van der Waals surface area contributed by atoms with E-state index in [0.29, 0.717) is 11.7 Å². The molecule has 3 atom stereocenters. The van der Waals surface area contributed by atoms with Crippen molar-refractivity contribution in [3.8, 4) is 0 Å². The van der Waals surface area contributed by atoms with Crippen LogP contribution in [-0.4, -0.2) is 70.3 Å². The molecule has 3 rings (SSSR count). The van der Waals surface area contributed by atoms with Gasteiger partial charge in [-0.2, -0.15) is 5.10 Å². The summed E-state index contributed by atoms with van der Waals surface area (Å²) in [6.45, 7) is 7.92. The van der Waals surface area contributed by atoms with Gasteiger partial charge < -0.3 is 9.64 Å². The van der Waals surface area contributed by atoms with Crippen molar-refractivity contribution in [1.29, 1.82) is 0 Å².